The molecule has 1 aromatic heterocycles. The molecule has 2 aromatic rings. The number of nitrogens with zero attached hydrogens (tertiary/aromatic N) is 2. The number of carbonyl (C=O) groups is 1. The molecular formula is C18H23N3OS. The van der Waals surface area contributed by atoms with Crippen molar-refractivity contribution in [1.29, 1.82) is 0 Å². The molecule has 0 saturated carbocycles. The molecule has 122 valence electrons. The smallest absolute Gasteiger partial charge is 0.239 e. The Kier molecular flexibility index (Phi) is 5.08. The molecule has 5 heteroatoms. The zero-order valence-corrected chi connectivity index (χ0v) is 14.3. The summed E-state index contributed by atoms with van der Waals surface area (Å²) in [4.78, 5) is 19.2. The quantitative estimate of drug-likeness (QED) is 0.938. The van der Waals surface area contributed by atoms with Crippen LogP contribution >= 0.6 is 11.3 Å². The van der Waals surface area contributed by atoms with Crippen LogP contribution in [0.15, 0.2) is 35.7 Å². The number of amides is 1. The fourth-order valence-corrected chi connectivity index (χ4v) is 4.05. The van der Waals surface area contributed by atoms with Gasteiger partial charge in [0.15, 0.2) is 0 Å². The first-order valence-corrected chi connectivity index (χ1v) is 9.02. The molecule has 2 unspecified atom stereocenters. The maximum absolute atomic E-state index is 12.7. The average Bonchev–Trinajstić information content (AvgIpc) is 3.02. The highest BCUT2D eigenvalue weighted by molar-refractivity contribution is 7.09. The first kappa shape index (κ1) is 16.1. The van der Waals surface area contributed by atoms with Crippen molar-refractivity contribution in [2.45, 2.75) is 38.1 Å². The van der Waals surface area contributed by atoms with Crippen LogP contribution in [0.2, 0.25) is 0 Å². The SMILES string of the molecule is Cc1csc(C2CCCN(C(=O)C(N)Cc3ccccc3)C2)n1. The van der Waals surface area contributed by atoms with Crippen molar-refractivity contribution in [3.05, 3.63) is 52.0 Å². The molecule has 0 spiro atoms. The average molecular weight is 329 g/mol. The third kappa shape index (κ3) is 3.98. The van der Waals surface area contributed by atoms with Crippen LogP contribution in [0, 0.1) is 6.92 Å². The maximum atomic E-state index is 12.7. The van der Waals surface area contributed by atoms with Gasteiger partial charge in [0.05, 0.1) is 11.0 Å². The molecule has 1 amide bonds. The molecule has 1 saturated heterocycles. The van der Waals surface area contributed by atoms with Gasteiger partial charge in [0, 0.05) is 30.1 Å². The monoisotopic (exact) mass is 329 g/mol. The number of hydrogen-bond acceptors (Lipinski definition) is 4. The van der Waals surface area contributed by atoms with Crippen LogP contribution in [0.4, 0.5) is 0 Å². The van der Waals surface area contributed by atoms with E-state index in [1.807, 2.05) is 42.2 Å². The molecule has 23 heavy (non-hydrogen) atoms. The summed E-state index contributed by atoms with van der Waals surface area (Å²) in [5.41, 5.74) is 8.34. The van der Waals surface area contributed by atoms with Crippen LogP contribution < -0.4 is 5.73 Å². The van der Waals surface area contributed by atoms with Crippen molar-refractivity contribution in [3.63, 3.8) is 0 Å². The minimum atomic E-state index is -0.464. The molecule has 1 aliphatic heterocycles. The molecule has 4 nitrogen and oxygen atoms in total. The number of piperidine rings is 1. The third-order valence-electron chi connectivity index (χ3n) is 4.33. The second-order valence-electron chi connectivity index (χ2n) is 6.25. The van der Waals surface area contributed by atoms with Crippen LogP contribution in [-0.2, 0) is 11.2 Å². The maximum Gasteiger partial charge on any atom is 0.239 e. The Hall–Kier alpha value is -1.72. The third-order valence-corrected chi connectivity index (χ3v) is 5.46. The zero-order valence-electron chi connectivity index (χ0n) is 13.4. The minimum Gasteiger partial charge on any atom is -0.341 e. The Balaban J connectivity index is 1.62. The summed E-state index contributed by atoms with van der Waals surface area (Å²) in [6.07, 6.45) is 2.72. The van der Waals surface area contributed by atoms with Gasteiger partial charge in [0.2, 0.25) is 5.91 Å². The lowest BCUT2D eigenvalue weighted by Crippen LogP contribution is -2.48. The van der Waals surface area contributed by atoms with E-state index >= 15 is 0 Å². The van der Waals surface area contributed by atoms with E-state index in [4.69, 9.17) is 5.73 Å². The summed E-state index contributed by atoms with van der Waals surface area (Å²) in [6.45, 7) is 3.57. The van der Waals surface area contributed by atoms with Gasteiger partial charge in [-0.2, -0.15) is 0 Å². The summed E-state index contributed by atoms with van der Waals surface area (Å²) in [5, 5.41) is 3.23. The van der Waals surface area contributed by atoms with Gasteiger partial charge >= 0.3 is 0 Å². The molecule has 2 atom stereocenters. The number of thiazole rings is 1. The number of carbonyl (C=O) groups excluding carboxylic acids is 1. The minimum absolute atomic E-state index is 0.0619. The Morgan fingerprint density at radius 2 is 2.22 bits per heavy atom. The Morgan fingerprint density at radius 3 is 2.91 bits per heavy atom. The van der Waals surface area contributed by atoms with Gasteiger partial charge in [-0.3, -0.25) is 4.79 Å². The highest BCUT2D eigenvalue weighted by Gasteiger charge is 2.29. The second-order valence-corrected chi connectivity index (χ2v) is 7.14. The van der Waals surface area contributed by atoms with Gasteiger partial charge in [-0.15, -0.1) is 11.3 Å². The van der Waals surface area contributed by atoms with Crippen LogP contribution in [0.3, 0.4) is 0 Å². The largest absolute Gasteiger partial charge is 0.341 e. The molecule has 2 N–H and O–H groups in total. The van der Waals surface area contributed by atoms with Crippen LogP contribution in [0.5, 0.6) is 0 Å². The number of nitrogens with two attached hydrogens (primary N) is 1. The standard InChI is InChI=1S/C18H23N3OS/c1-13-12-23-17(20-13)15-8-5-9-21(11-15)18(22)16(19)10-14-6-3-2-4-7-14/h2-4,6-7,12,15-16H,5,8-11,19H2,1H3. The van der Waals surface area contributed by atoms with Gasteiger partial charge in [-0.25, -0.2) is 4.98 Å². The number of rotatable bonds is 4. The van der Waals surface area contributed by atoms with E-state index in [2.05, 4.69) is 10.4 Å². The molecule has 0 radical (unpaired) electrons. The topological polar surface area (TPSA) is 59.2 Å². The van der Waals surface area contributed by atoms with E-state index in [0.29, 0.717) is 12.3 Å². The zero-order chi connectivity index (χ0) is 16.2. The van der Waals surface area contributed by atoms with Gasteiger partial charge in [0.25, 0.3) is 0 Å². The first-order chi connectivity index (χ1) is 11.1. The van der Waals surface area contributed by atoms with Gasteiger partial charge < -0.3 is 10.6 Å². The Bertz CT molecular complexity index is 655. The summed E-state index contributed by atoms with van der Waals surface area (Å²) < 4.78 is 0. The molecule has 2 heterocycles. The molecule has 3 rings (SSSR count). The molecule has 1 aromatic carbocycles. The number of aryl methyl sites for hydroxylation is 1. The predicted molar refractivity (Wildman–Crippen MR) is 93.5 cm³/mol. The highest BCUT2D eigenvalue weighted by atomic mass is 32.1. The lowest BCUT2D eigenvalue weighted by atomic mass is 9.97. The van der Waals surface area contributed by atoms with E-state index < -0.39 is 6.04 Å². The molecule has 0 bridgehead atoms. The Morgan fingerprint density at radius 1 is 1.43 bits per heavy atom. The van der Waals surface area contributed by atoms with E-state index in [-0.39, 0.29) is 5.91 Å². The predicted octanol–water partition coefficient (Wildman–Crippen LogP) is 2.73. The molecule has 1 aliphatic rings. The molecule has 1 fully saturated rings. The number of aromatic nitrogens is 1. The summed E-state index contributed by atoms with van der Waals surface area (Å²) in [7, 11) is 0. The van der Waals surface area contributed by atoms with Gasteiger partial charge in [-0.05, 0) is 31.7 Å². The van der Waals surface area contributed by atoms with E-state index in [9.17, 15) is 4.79 Å². The number of likely N-dealkylation sites (tertiary alicyclic amines) is 1. The van der Waals surface area contributed by atoms with Crippen molar-refractivity contribution in [1.82, 2.24) is 9.88 Å². The highest BCUT2D eigenvalue weighted by Crippen LogP contribution is 2.29. The lowest BCUT2D eigenvalue weighted by Gasteiger charge is -2.33. The van der Waals surface area contributed by atoms with Crippen LogP contribution in [0.25, 0.3) is 0 Å². The summed E-state index contributed by atoms with van der Waals surface area (Å²) >= 11 is 1.70. The fraction of sp³-hybridized carbons (Fsp3) is 0.444. The van der Waals surface area contributed by atoms with Crippen molar-refractivity contribution in [2.24, 2.45) is 5.73 Å². The second kappa shape index (κ2) is 7.23. The molecular weight excluding hydrogens is 306 g/mol. The van der Waals surface area contributed by atoms with Gasteiger partial charge in [0.1, 0.15) is 0 Å². The first-order valence-electron chi connectivity index (χ1n) is 8.14. The van der Waals surface area contributed by atoms with Crippen molar-refractivity contribution >= 4 is 17.2 Å². The fourth-order valence-electron chi connectivity index (χ4n) is 3.13. The van der Waals surface area contributed by atoms with Crippen molar-refractivity contribution in [3.8, 4) is 0 Å². The van der Waals surface area contributed by atoms with Crippen LogP contribution in [-0.4, -0.2) is 34.9 Å². The number of hydrogen-bond donors (Lipinski definition) is 1. The summed E-state index contributed by atoms with van der Waals surface area (Å²) in [5.74, 6) is 0.419. The van der Waals surface area contributed by atoms with Crippen molar-refractivity contribution < 1.29 is 4.79 Å². The normalized spacial score (nSPS) is 19.6. The van der Waals surface area contributed by atoms with Gasteiger partial charge in [-0.1, -0.05) is 30.3 Å². The van der Waals surface area contributed by atoms with Crippen LogP contribution in [0.1, 0.15) is 35.0 Å². The van der Waals surface area contributed by atoms with Crippen molar-refractivity contribution in [2.75, 3.05) is 13.1 Å². The summed E-state index contributed by atoms with van der Waals surface area (Å²) in [6, 6.07) is 9.51. The number of benzene rings is 1. The van der Waals surface area contributed by atoms with E-state index in [1.54, 1.807) is 11.3 Å². The van der Waals surface area contributed by atoms with E-state index in [1.165, 1.54) is 0 Å². The lowest BCUT2D eigenvalue weighted by molar-refractivity contribution is -0.133. The van der Waals surface area contributed by atoms with E-state index in [0.717, 1.165) is 42.2 Å². The Labute approximate surface area is 141 Å². The molecule has 0 aliphatic carbocycles.